The van der Waals surface area contributed by atoms with Crippen molar-refractivity contribution in [2.45, 2.75) is 39.7 Å². The summed E-state index contributed by atoms with van der Waals surface area (Å²) < 4.78 is 6.73. The molecule has 25 heavy (non-hydrogen) atoms. The number of carbonyl (C=O) groups is 2. The lowest BCUT2D eigenvalue weighted by Crippen LogP contribution is -2.46. The van der Waals surface area contributed by atoms with Gasteiger partial charge >= 0.3 is 6.09 Å². The first kappa shape index (κ1) is 17.2. The molecule has 8 heteroatoms. The molecule has 0 unspecified atom stereocenters. The summed E-state index contributed by atoms with van der Waals surface area (Å²) in [7, 11) is 0. The van der Waals surface area contributed by atoms with Crippen LogP contribution in [0.4, 0.5) is 4.79 Å². The number of aromatic nitrogens is 3. The summed E-state index contributed by atoms with van der Waals surface area (Å²) in [6.45, 7) is 7.12. The van der Waals surface area contributed by atoms with Crippen LogP contribution >= 0.6 is 0 Å². The van der Waals surface area contributed by atoms with E-state index in [0.29, 0.717) is 43.9 Å². The highest BCUT2D eigenvalue weighted by molar-refractivity contribution is 5.93. The predicted molar refractivity (Wildman–Crippen MR) is 91.5 cm³/mol. The normalized spacial score (nSPS) is 15.4. The molecule has 0 aromatic carbocycles. The average Bonchev–Trinajstić information content (AvgIpc) is 2.96. The summed E-state index contributed by atoms with van der Waals surface area (Å²) in [4.78, 5) is 30.3. The molecule has 2 amide bonds. The van der Waals surface area contributed by atoms with E-state index in [2.05, 4.69) is 15.4 Å². The van der Waals surface area contributed by atoms with Gasteiger partial charge in [-0.2, -0.15) is 5.10 Å². The minimum atomic E-state index is -0.286. The van der Waals surface area contributed by atoms with Crippen LogP contribution in [0.3, 0.4) is 0 Å². The Balaban J connectivity index is 1.62. The Morgan fingerprint density at radius 1 is 1.28 bits per heavy atom. The molecule has 0 aliphatic carbocycles. The highest BCUT2D eigenvalue weighted by Gasteiger charge is 2.25. The summed E-state index contributed by atoms with van der Waals surface area (Å²) in [6.07, 6.45) is 1.13. The molecule has 0 radical (unpaired) electrons. The second kappa shape index (κ2) is 7.08. The van der Waals surface area contributed by atoms with Crippen LogP contribution in [0, 0.1) is 13.8 Å². The minimum absolute atomic E-state index is 0.0307. The molecule has 3 rings (SSSR count). The van der Waals surface area contributed by atoms with E-state index in [0.717, 1.165) is 11.4 Å². The van der Waals surface area contributed by atoms with E-state index in [-0.39, 0.29) is 18.0 Å². The summed E-state index contributed by atoms with van der Waals surface area (Å²) in [5.41, 5.74) is 2.78. The van der Waals surface area contributed by atoms with E-state index < -0.39 is 0 Å². The van der Waals surface area contributed by atoms with E-state index in [1.54, 1.807) is 22.4 Å². The fourth-order valence-corrected chi connectivity index (χ4v) is 3.04. The van der Waals surface area contributed by atoms with Crippen LogP contribution in [0.1, 0.15) is 41.6 Å². The number of likely N-dealkylation sites (tertiary alicyclic amines) is 1. The van der Waals surface area contributed by atoms with Crippen molar-refractivity contribution in [3.63, 3.8) is 0 Å². The summed E-state index contributed by atoms with van der Waals surface area (Å²) in [5, 5.41) is 7.36. The molecule has 2 aromatic rings. The third-order valence-electron chi connectivity index (χ3n) is 4.32. The minimum Gasteiger partial charge on any atom is -0.450 e. The molecule has 3 heterocycles. The molecular weight excluding hydrogens is 322 g/mol. The summed E-state index contributed by atoms with van der Waals surface area (Å²) in [5.74, 6) is -0.195. The van der Waals surface area contributed by atoms with Crippen LogP contribution in [-0.4, -0.2) is 57.2 Å². The van der Waals surface area contributed by atoms with Gasteiger partial charge in [-0.05, 0) is 39.7 Å². The molecule has 8 nitrogen and oxygen atoms in total. The van der Waals surface area contributed by atoms with E-state index >= 15 is 0 Å². The lowest BCUT2D eigenvalue weighted by atomic mass is 10.1. The topological polar surface area (TPSA) is 88.8 Å². The number of fused-ring (bicyclic) bond motifs is 1. The first-order valence-electron chi connectivity index (χ1n) is 8.54. The fourth-order valence-electron chi connectivity index (χ4n) is 3.04. The van der Waals surface area contributed by atoms with Crippen molar-refractivity contribution in [1.82, 2.24) is 24.8 Å². The number of piperidine rings is 1. The van der Waals surface area contributed by atoms with E-state index in [1.165, 1.54) is 0 Å². The van der Waals surface area contributed by atoms with Gasteiger partial charge in [0.25, 0.3) is 5.91 Å². The van der Waals surface area contributed by atoms with Gasteiger partial charge in [0.05, 0.1) is 12.3 Å². The van der Waals surface area contributed by atoms with Gasteiger partial charge in [0.15, 0.2) is 5.65 Å². The molecule has 0 spiro atoms. The fraction of sp³-hybridized carbons (Fsp3) is 0.529. The number of amides is 2. The van der Waals surface area contributed by atoms with E-state index in [9.17, 15) is 9.59 Å². The number of ether oxygens (including phenoxy) is 1. The van der Waals surface area contributed by atoms with Crippen molar-refractivity contribution in [2.24, 2.45) is 0 Å². The molecule has 1 aliphatic rings. The SMILES string of the molecule is CCOC(=O)N1CCC(NC(=O)c2cc(C)n3nc(C)cc3n2)CC1. The Morgan fingerprint density at radius 3 is 2.68 bits per heavy atom. The zero-order valence-corrected chi connectivity index (χ0v) is 14.8. The number of carbonyl (C=O) groups excluding carboxylic acids is 2. The predicted octanol–water partition coefficient (Wildman–Crippen LogP) is 1.70. The number of rotatable bonds is 3. The highest BCUT2D eigenvalue weighted by atomic mass is 16.6. The number of nitrogens with one attached hydrogen (secondary N) is 1. The Hall–Kier alpha value is -2.64. The standard InChI is InChI=1S/C17H23N5O3/c1-4-25-17(24)21-7-5-13(6-8-21)18-16(23)14-10-12(3)22-15(19-14)9-11(2)20-22/h9-10,13H,4-8H2,1-3H3,(H,18,23). The summed E-state index contributed by atoms with van der Waals surface area (Å²) >= 11 is 0. The smallest absolute Gasteiger partial charge is 0.409 e. The molecule has 1 fully saturated rings. The van der Waals surface area contributed by atoms with Gasteiger partial charge in [0, 0.05) is 30.9 Å². The third-order valence-corrected chi connectivity index (χ3v) is 4.32. The van der Waals surface area contributed by atoms with Crippen LogP contribution in [-0.2, 0) is 4.74 Å². The van der Waals surface area contributed by atoms with Crippen LogP contribution in [0.5, 0.6) is 0 Å². The average molecular weight is 345 g/mol. The number of nitrogens with zero attached hydrogens (tertiary/aromatic N) is 4. The van der Waals surface area contributed by atoms with Gasteiger partial charge in [-0.15, -0.1) is 0 Å². The molecule has 2 aromatic heterocycles. The molecular formula is C17H23N5O3. The van der Waals surface area contributed by atoms with Crippen LogP contribution in [0.25, 0.3) is 5.65 Å². The van der Waals surface area contributed by atoms with Gasteiger partial charge in [0.1, 0.15) is 5.69 Å². The Morgan fingerprint density at radius 2 is 2.00 bits per heavy atom. The highest BCUT2D eigenvalue weighted by Crippen LogP contribution is 2.13. The summed E-state index contributed by atoms with van der Waals surface area (Å²) in [6, 6.07) is 3.62. The van der Waals surface area contributed by atoms with Crippen molar-refractivity contribution in [3.05, 3.63) is 29.2 Å². The zero-order valence-electron chi connectivity index (χ0n) is 14.8. The molecule has 0 bridgehead atoms. The molecule has 134 valence electrons. The Labute approximate surface area is 146 Å². The van der Waals surface area contributed by atoms with Gasteiger partial charge in [-0.1, -0.05) is 0 Å². The van der Waals surface area contributed by atoms with Gasteiger partial charge < -0.3 is 15.0 Å². The van der Waals surface area contributed by atoms with Crippen molar-refractivity contribution >= 4 is 17.6 Å². The maximum atomic E-state index is 12.5. The molecule has 1 aliphatic heterocycles. The van der Waals surface area contributed by atoms with E-state index in [1.807, 2.05) is 19.9 Å². The zero-order chi connectivity index (χ0) is 18.0. The number of aryl methyl sites for hydroxylation is 2. The lowest BCUT2D eigenvalue weighted by Gasteiger charge is -2.31. The van der Waals surface area contributed by atoms with Crippen molar-refractivity contribution in [1.29, 1.82) is 0 Å². The van der Waals surface area contributed by atoms with Crippen LogP contribution in [0.2, 0.25) is 0 Å². The van der Waals surface area contributed by atoms with E-state index in [4.69, 9.17) is 4.74 Å². The lowest BCUT2D eigenvalue weighted by molar-refractivity contribution is 0.0856. The number of hydrogen-bond acceptors (Lipinski definition) is 5. The van der Waals surface area contributed by atoms with Crippen molar-refractivity contribution in [3.8, 4) is 0 Å². The van der Waals surface area contributed by atoms with Crippen molar-refractivity contribution < 1.29 is 14.3 Å². The van der Waals surface area contributed by atoms with Crippen LogP contribution < -0.4 is 5.32 Å². The maximum Gasteiger partial charge on any atom is 0.409 e. The first-order valence-corrected chi connectivity index (χ1v) is 8.54. The largest absolute Gasteiger partial charge is 0.450 e. The van der Waals surface area contributed by atoms with Gasteiger partial charge in [-0.25, -0.2) is 14.3 Å². The second-order valence-corrected chi connectivity index (χ2v) is 6.27. The monoisotopic (exact) mass is 345 g/mol. The Kier molecular flexibility index (Phi) is 4.87. The second-order valence-electron chi connectivity index (χ2n) is 6.27. The maximum absolute atomic E-state index is 12.5. The molecule has 1 saturated heterocycles. The Bertz CT molecular complexity index is 793. The molecule has 1 N–H and O–H groups in total. The van der Waals surface area contributed by atoms with Gasteiger partial charge in [-0.3, -0.25) is 4.79 Å². The molecule has 0 atom stereocenters. The molecule has 0 saturated carbocycles. The first-order chi connectivity index (χ1) is 12.0. The van der Waals surface area contributed by atoms with Crippen LogP contribution in [0.15, 0.2) is 12.1 Å². The van der Waals surface area contributed by atoms with Gasteiger partial charge in [0.2, 0.25) is 0 Å². The quantitative estimate of drug-likeness (QED) is 0.914. The third kappa shape index (κ3) is 3.72. The van der Waals surface area contributed by atoms with Crippen molar-refractivity contribution in [2.75, 3.05) is 19.7 Å². The number of hydrogen-bond donors (Lipinski definition) is 1.